The van der Waals surface area contributed by atoms with Gasteiger partial charge < -0.3 is 0 Å². The third-order valence-corrected chi connectivity index (χ3v) is 8.34. The van der Waals surface area contributed by atoms with Crippen LogP contribution in [0.15, 0.2) is 23.6 Å². The van der Waals surface area contributed by atoms with Gasteiger partial charge in [-0.25, -0.2) is 8.78 Å². The molecule has 0 aromatic rings. The Morgan fingerprint density at radius 3 is 2.65 bits per heavy atom. The molecule has 128 valence electrons. The van der Waals surface area contributed by atoms with Crippen molar-refractivity contribution in [1.29, 1.82) is 0 Å². The second-order valence-electron chi connectivity index (χ2n) is 9.05. The van der Waals surface area contributed by atoms with E-state index in [1.165, 1.54) is 32.1 Å². The predicted molar refractivity (Wildman–Crippen MR) is 90.3 cm³/mol. The highest BCUT2D eigenvalue weighted by molar-refractivity contribution is 5.35. The smallest absolute Gasteiger partial charge is 0.122 e. The van der Waals surface area contributed by atoms with E-state index in [0.717, 1.165) is 11.5 Å². The van der Waals surface area contributed by atoms with Gasteiger partial charge in [0.2, 0.25) is 0 Å². The van der Waals surface area contributed by atoms with Crippen molar-refractivity contribution in [1.82, 2.24) is 0 Å². The molecule has 0 aromatic heterocycles. The molecule has 0 aromatic carbocycles. The van der Waals surface area contributed by atoms with Crippen molar-refractivity contribution in [2.45, 2.75) is 71.9 Å². The van der Waals surface area contributed by atoms with Crippen LogP contribution in [-0.4, -0.2) is 6.17 Å². The molecule has 0 nitrogen and oxygen atoms in total. The first-order valence-electron chi connectivity index (χ1n) is 9.61. The minimum Gasteiger partial charge on any atom is -0.243 e. The van der Waals surface area contributed by atoms with Crippen LogP contribution in [0.3, 0.4) is 0 Å². The molecule has 0 heterocycles. The Balaban J connectivity index is 1.73. The van der Waals surface area contributed by atoms with E-state index < -0.39 is 6.17 Å². The van der Waals surface area contributed by atoms with Crippen LogP contribution in [0.25, 0.3) is 0 Å². The Morgan fingerprint density at radius 2 is 1.91 bits per heavy atom. The summed E-state index contributed by atoms with van der Waals surface area (Å²) in [6.07, 6.45) is 9.87. The molecule has 0 spiro atoms. The molecule has 2 fully saturated rings. The van der Waals surface area contributed by atoms with Crippen molar-refractivity contribution in [2.75, 3.05) is 0 Å². The van der Waals surface area contributed by atoms with Gasteiger partial charge in [-0.2, -0.15) is 0 Å². The molecule has 4 rings (SSSR count). The van der Waals surface area contributed by atoms with Crippen molar-refractivity contribution in [3.05, 3.63) is 23.6 Å². The van der Waals surface area contributed by atoms with E-state index in [1.54, 1.807) is 6.08 Å². The molecule has 2 saturated carbocycles. The average Bonchev–Trinajstić information content (AvgIpc) is 2.86. The zero-order valence-electron chi connectivity index (χ0n) is 14.7. The Labute approximate surface area is 139 Å². The first-order valence-corrected chi connectivity index (χ1v) is 9.61. The lowest BCUT2D eigenvalue weighted by Gasteiger charge is -2.56. The molecule has 4 aliphatic carbocycles. The van der Waals surface area contributed by atoms with Gasteiger partial charge in [0, 0.05) is 18.3 Å². The van der Waals surface area contributed by atoms with Crippen molar-refractivity contribution in [3.8, 4) is 0 Å². The second kappa shape index (κ2) is 5.17. The quantitative estimate of drug-likeness (QED) is 0.491. The van der Waals surface area contributed by atoms with E-state index in [1.807, 2.05) is 6.08 Å². The maximum atomic E-state index is 14.9. The van der Waals surface area contributed by atoms with Crippen LogP contribution in [0.4, 0.5) is 8.78 Å². The Bertz CT molecular complexity index is 562. The maximum Gasteiger partial charge on any atom is 0.122 e. The summed E-state index contributed by atoms with van der Waals surface area (Å²) < 4.78 is 28.8. The van der Waals surface area contributed by atoms with Crippen molar-refractivity contribution in [3.63, 3.8) is 0 Å². The zero-order valence-corrected chi connectivity index (χ0v) is 14.7. The highest BCUT2D eigenvalue weighted by Crippen LogP contribution is 2.66. The van der Waals surface area contributed by atoms with E-state index in [4.69, 9.17) is 0 Å². The summed E-state index contributed by atoms with van der Waals surface area (Å²) in [5.41, 5.74) is 0.953. The van der Waals surface area contributed by atoms with E-state index >= 15 is 0 Å². The minimum absolute atomic E-state index is 0.0185. The molecular weight excluding hydrogens is 290 g/mol. The van der Waals surface area contributed by atoms with Gasteiger partial charge >= 0.3 is 0 Å². The van der Waals surface area contributed by atoms with Crippen LogP contribution in [0, 0.1) is 34.5 Å². The monoisotopic (exact) mass is 320 g/mol. The normalized spacial score (nSPS) is 52.1. The van der Waals surface area contributed by atoms with Gasteiger partial charge in [-0.3, -0.25) is 0 Å². The number of allylic oxidation sites excluding steroid dienone is 4. The molecule has 0 saturated heterocycles. The fourth-order valence-electron chi connectivity index (χ4n) is 7.06. The fraction of sp³-hybridized carbons (Fsp3) is 0.810. The maximum absolute atomic E-state index is 14.9. The van der Waals surface area contributed by atoms with Crippen LogP contribution >= 0.6 is 0 Å². The molecule has 0 N–H and O–H groups in total. The van der Waals surface area contributed by atoms with Crippen LogP contribution in [0.5, 0.6) is 0 Å². The first-order chi connectivity index (χ1) is 10.9. The fourth-order valence-corrected chi connectivity index (χ4v) is 7.06. The summed E-state index contributed by atoms with van der Waals surface area (Å²) in [7, 11) is 0. The lowest BCUT2D eigenvalue weighted by atomic mass is 9.48. The molecule has 0 radical (unpaired) electrons. The molecule has 7 atom stereocenters. The average molecular weight is 320 g/mol. The first kappa shape index (κ1) is 15.8. The molecule has 0 bridgehead atoms. The van der Waals surface area contributed by atoms with E-state index in [-0.39, 0.29) is 17.7 Å². The largest absolute Gasteiger partial charge is 0.243 e. The van der Waals surface area contributed by atoms with Crippen LogP contribution in [-0.2, 0) is 0 Å². The van der Waals surface area contributed by atoms with Crippen LogP contribution in [0.2, 0.25) is 0 Å². The third kappa shape index (κ3) is 2.05. The predicted octanol–water partition coefficient (Wildman–Crippen LogP) is 6.39. The number of hydrogen-bond donors (Lipinski definition) is 0. The highest BCUT2D eigenvalue weighted by atomic mass is 19.1. The van der Waals surface area contributed by atoms with Crippen molar-refractivity contribution in [2.24, 2.45) is 34.5 Å². The lowest BCUT2D eigenvalue weighted by Crippen LogP contribution is -2.49. The highest BCUT2D eigenvalue weighted by Gasteiger charge is 2.58. The van der Waals surface area contributed by atoms with Gasteiger partial charge in [0.25, 0.3) is 0 Å². The SMILES string of the molecule is CC[C@H]1CC[C@H]2[C@@H]3CC(F)=C4CC(F)C=C[C@]4(C)[C@H]3CC[C@]12C. The second-order valence-corrected chi connectivity index (χ2v) is 9.05. The van der Waals surface area contributed by atoms with Gasteiger partial charge in [-0.1, -0.05) is 39.3 Å². The van der Waals surface area contributed by atoms with Gasteiger partial charge in [0.1, 0.15) is 12.0 Å². The van der Waals surface area contributed by atoms with Gasteiger partial charge in [0.15, 0.2) is 0 Å². The van der Waals surface area contributed by atoms with E-state index in [2.05, 4.69) is 20.8 Å². The summed E-state index contributed by atoms with van der Waals surface area (Å²) in [5, 5.41) is 0. The molecule has 23 heavy (non-hydrogen) atoms. The standard InChI is InChI=1S/C21H30F2/c1-4-13-5-6-16-15-12-19(23)18-11-14(22)7-9-21(18,3)17(15)8-10-20(13,16)2/h7,9,13-17H,4-6,8,10-12H2,1-3H3/t13-,14?,15-,16-,17-,20+,21+/m0/s1. The number of alkyl halides is 1. The van der Waals surface area contributed by atoms with E-state index in [9.17, 15) is 8.78 Å². The zero-order chi connectivity index (χ0) is 16.4. The molecule has 2 heteroatoms. The Morgan fingerprint density at radius 1 is 1.13 bits per heavy atom. The van der Waals surface area contributed by atoms with Gasteiger partial charge in [0.05, 0.1) is 0 Å². The number of fused-ring (bicyclic) bond motifs is 5. The summed E-state index contributed by atoms with van der Waals surface area (Å²) in [6.45, 7) is 6.97. The Kier molecular flexibility index (Phi) is 3.56. The molecule has 1 unspecified atom stereocenters. The van der Waals surface area contributed by atoms with E-state index in [0.29, 0.717) is 29.6 Å². The summed E-state index contributed by atoms with van der Waals surface area (Å²) >= 11 is 0. The molecule has 0 amide bonds. The topological polar surface area (TPSA) is 0 Å². The van der Waals surface area contributed by atoms with Crippen molar-refractivity contribution < 1.29 is 8.78 Å². The number of halogens is 2. The molecule has 4 aliphatic rings. The molecular formula is C21H30F2. The summed E-state index contributed by atoms with van der Waals surface area (Å²) in [6, 6.07) is 0. The van der Waals surface area contributed by atoms with Gasteiger partial charge in [-0.15, -0.1) is 0 Å². The summed E-state index contributed by atoms with van der Waals surface area (Å²) in [4.78, 5) is 0. The molecule has 0 aliphatic heterocycles. The summed E-state index contributed by atoms with van der Waals surface area (Å²) in [5.74, 6) is 2.46. The Hall–Kier alpha value is -0.660. The number of hydrogen-bond acceptors (Lipinski definition) is 0. The third-order valence-electron chi connectivity index (χ3n) is 8.34. The van der Waals surface area contributed by atoms with Gasteiger partial charge in [-0.05, 0) is 60.3 Å². The number of rotatable bonds is 1. The lowest BCUT2D eigenvalue weighted by molar-refractivity contribution is -0.0306. The minimum atomic E-state index is -0.995. The van der Waals surface area contributed by atoms with Crippen LogP contribution < -0.4 is 0 Å². The van der Waals surface area contributed by atoms with Crippen LogP contribution in [0.1, 0.15) is 65.7 Å². The van der Waals surface area contributed by atoms with Crippen molar-refractivity contribution >= 4 is 0 Å².